The molecule has 1 aromatic heterocycles. The number of Topliss-reactive ketones (excluding diaryl/α,β-unsaturated/α-hetero) is 1. The van der Waals surface area contributed by atoms with E-state index in [4.69, 9.17) is 4.74 Å². The molecule has 0 spiro atoms. The van der Waals surface area contributed by atoms with Crippen molar-refractivity contribution in [3.8, 4) is 5.75 Å². The summed E-state index contributed by atoms with van der Waals surface area (Å²) >= 11 is 0. The Labute approximate surface area is 186 Å². The number of amides is 1. The van der Waals surface area contributed by atoms with Gasteiger partial charge in [0.2, 0.25) is 0 Å². The fourth-order valence-corrected chi connectivity index (χ4v) is 3.90. The first-order valence-electron chi connectivity index (χ1n) is 10.4. The van der Waals surface area contributed by atoms with Crippen LogP contribution in [0.2, 0.25) is 0 Å². The SMILES string of the molecule is CCOc1ccc(C(O)=C2C(=O)C(=O)N(c3ccccn3)[C@H]2c2ccc(C)cc2)cc1C. The number of pyridine rings is 1. The van der Waals surface area contributed by atoms with Crippen molar-refractivity contribution in [2.75, 3.05) is 11.5 Å². The molecule has 32 heavy (non-hydrogen) atoms. The van der Waals surface area contributed by atoms with Gasteiger partial charge in [0.25, 0.3) is 5.78 Å². The van der Waals surface area contributed by atoms with Crippen LogP contribution in [0, 0.1) is 13.8 Å². The van der Waals surface area contributed by atoms with E-state index in [9.17, 15) is 14.7 Å². The third-order valence-corrected chi connectivity index (χ3v) is 5.48. The zero-order chi connectivity index (χ0) is 22.8. The maximum atomic E-state index is 13.1. The zero-order valence-corrected chi connectivity index (χ0v) is 18.2. The number of ketones is 1. The average molecular weight is 428 g/mol. The summed E-state index contributed by atoms with van der Waals surface area (Å²) in [4.78, 5) is 31.9. The lowest BCUT2D eigenvalue weighted by molar-refractivity contribution is -0.132. The second-order valence-corrected chi connectivity index (χ2v) is 7.68. The highest BCUT2D eigenvalue weighted by atomic mass is 16.5. The van der Waals surface area contributed by atoms with E-state index in [0.717, 1.165) is 11.1 Å². The van der Waals surface area contributed by atoms with Crippen LogP contribution < -0.4 is 9.64 Å². The number of aryl methyl sites for hydroxylation is 2. The molecule has 1 aliphatic rings. The van der Waals surface area contributed by atoms with Crippen LogP contribution in [0.4, 0.5) is 5.82 Å². The van der Waals surface area contributed by atoms with Crippen LogP contribution in [0.5, 0.6) is 5.75 Å². The monoisotopic (exact) mass is 428 g/mol. The summed E-state index contributed by atoms with van der Waals surface area (Å²) in [6.45, 7) is 6.25. The summed E-state index contributed by atoms with van der Waals surface area (Å²) in [6, 6.07) is 17.1. The quantitative estimate of drug-likeness (QED) is 0.361. The smallest absolute Gasteiger partial charge is 0.301 e. The highest BCUT2D eigenvalue weighted by Gasteiger charge is 2.47. The predicted octanol–water partition coefficient (Wildman–Crippen LogP) is 4.72. The molecular weight excluding hydrogens is 404 g/mol. The molecule has 0 saturated carbocycles. The number of aromatic nitrogens is 1. The zero-order valence-electron chi connectivity index (χ0n) is 18.2. The highest BCUT2D eigenvalue weighted by Crippen LogP contribution is 2.41. The number of anilines is 1. The number of nitrogens with zero attached hydrogens (tertiary/aromatic N) is 2. The first-order valence-corrected chi connectivity index (χ1v) is 10.4. The van der Waals surface area contributed by atoms with Gasteiger partial charge in [0.05, 0.1) is 18.2 Å². The standard InChI is InChI=1S/C26H24N2O4/c1-4-32-20-13-12-19(15-17(20)3)24(29)22-23(18-10-8-16(2)9-11-18)28(26(31)25(22)30)21-7-5-6-14-27-21/h5-15,23,29H,4H2,1-3H3/t23-/m0/s1. The lowest BCUT2D eigenvalue weighted by Crippen LogP contribution is -2.30. The fraction of sp³-hybridized carbons (Fsp3) is 0.192. The van der Waals surface area contributed by atoms with E-state index < -0.39 is 17.7 Å². The molecule has 6 nitrogen and oxygen atoms in total. The lowest BCUT2D eigenvalue weighted by atomic mass is 9.94. The number of carbonyl (C=O) groups is 2. The largest absolute Gasteiger partial charge is 0.507 e. The molecule has 0 aliphatic carbocycles. The van der Waals surface area contributed by atoms with Crippen LogP contribution in [-0.4, -0.2) is 28.4 Å². The molecule has 0 radical (unpaired) electrons. The van der Waals surface area contributed by atoms with E-state index in [1.165, 1.54) is 4.90 Å². The molecule has 1 fully saturated rings. The number of aliphatic hydroxyl groups is 1. The minimum atomic E-state index is -0.794. The molecular formula is C26H24N2O4. The Kier molecular flexibility index (Phi) is 5.77. The van der Waals surface area contributed by atoms with E-state index in [0.29, 0.717) is 29.3 Å². The van der Waals surface area contributed by atoms with Crippen LogP contribution in [-0.2, 0) is 9.59 Å². The van der Waals surface area contributed by atoms with E-state index in [1.54, 1.807) is 42.6 Å². The normalized spacial score (nSPS) is 17.6. The number of benzene rings is 2. The summed E-state index contributed by atoms with van der Waals surface area (Å²) in [5.74, 6) is -0.641. The Morgan fingerprint density at radius 3 is 2.44 bits per heavy atom. The molecule has 1 saturated heterocycles. The molecule has 4 rings (SSSR count). The number of hydrogen-bond donors (Lipinski definition) is 1. The Balaban J connectivity index is 1.90. The molecule has 1 atom stereocenters. The van der Waals surface area contributed by atoms with Gasteiger partial charge in [-0.2, -0.15) is 0 Å². The molecule has 0 unspecified atom stereocenters. The van der Waals surface area contributed by atoms with Crippen molar-refractivity contribution in [3.05, 3.63) is 94.7 Å². The van der Waals surface area contributed by atoms with Gasteiger partial charge in [0.1, 0.15) is 17.3 Å². The number of rotatable bonds is 5. The first kappa shape index (κ1) is 21.3. The molecule has 1 aliphatic heterocycles. The van der Waals surface area contributed by atoms with Crippen molar-refractivity contribution in [2.24, 2.45) is 0 Å². The topological polar surface area (TPSA) is 79.7 Å². The van der Waals surface area contributed by atoms with Crippen molar-refractivity contribution in [1.29, 1.82) is 0 Å². The summed E-state index contributed by atoms with van der Waals surface area (Å²) < 4.78 is 5.58. The maximum absolute atomic E-state index is 13.1. The van der Waals surface area contributed by atoms with E-state index >= 15 is 0 Å². The van der Waals surface area contributed by atoms with Crippen LogP contribution >= 0.6 is 0 Å². The molecule has 3 aromatic rings. The van der Waals surface area contributed by atoms with Gasteiger partial charge in [0, 0.05) is 11.8 Å². The molecule has 1 N–H and O–H groups in total. The number of hydrogen-bond acceptors (Lipinski definition) is 5. The van der Waals surface area contributed by atoms with Crippen molar-refractivity contribution in [1.82, 2.24) is 4.98 Å². The summed E-state index contributed by atoms with van der Waals surface area (Å²) in [5, 5.41) is 11.2. The second kappa shape index (κ2) is 8.67. The van der Waals surface area contributed by atoms with Crippen LogP contribution in [0.3, 0.4) is 0 Å². The minimum Gasteiger partial charge on any atom is -0.507 e. The van der Waals surface area contributed by atoms with Crippen LogP contribution in [0.15, 0.2) is 72.4 Å². The van der Waals surface area contributed by atoms with Crippen molar-refractivity contribution in [2.45, 2.75) is 26.8 Å². The number of ether oxygens (including phenoxy) is 1. The van der Waals surface area contributed by atoms with E-state index in [1.807, 2.05) is 45.0 Å². The van der Waals surface area contributed by atoms with Gasteiger partial charge in [-0.15, -0.1) is 0 Å². The van der Waals surface area contributed by atoms with Crippen molar-refractivity contribution >= 4 is 23.3 Å². The van der Waals surface area contributed by atoms with Gasteiger partial charge in [-0.3, -0.25) is 14.5 Å². The maximum Gasteiger partial charge on any atom is 0.301 e. The Bertz CT molecular complexity index is 1200. The highest BCUT2D eigenvalue weighted by molar-refractivity contribution is 6.51. The van der Waals surface area contributed by atoms with Crippen molar-refractivity contribution in [3.63, 3.8) is 0 Å². The van der Waals surface area contributed by atoms with E-state index in [2.05, 4.69) is 4.98 Å². The average Bonchev–Trinajstić information content (AvgIpc) is 3.06. The number of aliphatic hydroxyl groups excluding tert-OH is 1. The Morgan fingerprint density at radius 1 is 1.06 bits per heavy atom. The molecule has 2 aromatic carbocycles. The molecule has 1 amide bonds. The predicted molar refractivity (Wildman–Crippen MR) is 123 cm³/mol. The molecule has 0 bridgehead atoms. The molecule has 162 valence electrons. The third kappa shape index (κ3) is 3.75. The van der Waals surface area contributed by atoms with Crippen LogP contribution in [0.25, 0.3) is 5.76 Å². The van der Waals surface area contributed by atoms with Gasteiger partial charge < -0.3 is 9.84 Å². The fourth-order valence-electron chi connectivity index (χ4n) is 3.90. The van der Waals surface area contributed by atoms with Gasteiger partial charge in [0.15, 0.2) is 0 Å². The first-order chi connectivity index (χ1) is 15.4. The van der Waals surface area contributed by atoms with Gasteiger partial charge in [-0.05, 0) is 62.2 Å². The van der Waals surface area contributed by atoms with E-state index in [-0.39, 0.29) is 11.3 Å². The summed E-state index contributed by atoms with van der Waals surface area (Å²) in [5.41, 5.74) is 3.06. The Hall–Kier alpha value is -3.93. The second-order valence-electron chi connectivity index (χ2n) is 7.68. The third-order valence-electron chi connectivity index (χ3n) is 5.48. The van der Waals surface area contributed by atoms with Gasteiger partial charge >= 0.3 is 5.91 Å². The molecule has 6 heteroatoms. The van der Waals surface area contributed by atoms with Crippen LogP contribution in [0.1, 0.15) is 35.2 Å². The Morgan fingerprint density at radius 2 is 1.81 bits per heavy atom. The minimum absolute atomic E-state index is 0.0352. The van der Waals surface area contributed by atoms with Crippen molar-refractivity contribution < 1.29 is 19.4 Å². The van der Waals surface area contributed by atoms with Gasteiger partial charge in [-0.25, -0.2) is 4.98 Å². The number of carbonyl (C=O) groups excluding carboxylic acids is 2. The molecule has 2 heterocycles. The van der Waals surface area contributed by atoms with Gasteiger partial charge in [-0.1, -0.05) is 35.9 Å². The summed E-state index contributed by atoms with van der Waals surface area (Å²) in [7, 11) is 0. The lowest BCUT2D eigenvalue weighted by Gasteiger charge is -2.24. The summed E-state index contributed by atoms with van der Waals surface area (Å²) in [6.07, 6.45) is 1.57.